The van der Waals surface area contributed by atoms with Gasteiger partial charge in [-0.05, 0) is 31.2 Å². The summed E-state index contributed by atoms with van der Waals surface area (Å²) in [5, 5.41) is 0. The topological polar surface area (TPSA) is 39.2 Å². The van der Waals surface area contributed by atoms with Crippen LogP contribution in [-0.2, 0) is 6.61 Å². The third-order valence-electron chi connectivity index (χ3n) is 2.39. The fourth-order valence-corrected chi connectivity index (χ4v) is 1.53. The normalized spacial score (nSPS) is 9.94. The molecule has 0 fully saturated rings. The lowest BCUT2D eigenvalue weighted by Crippen LogP contribution is -2.00. The molecule has 0 atom stereocenters. The first-order valence-electron chi connectivity index (χ1n) is 5.38. The highest BCUT2D eigenvalue weighted by Crippen LogP contribution is 2.19. The number of carbonyl (C=O) groups is 1. The van der Waals surface area contributed by atoms with E-state index in [2.05, 4.69) is 4.98 Å². The molecule has 1 heterocycles. The summed E-state index contributed by atoms with van der Waals surface area (Å²) in [5.41, 5.74) is 2.45. The van der Waals surface area contributed by atoms with Crippen LogP contribution >= 0.6 is 0 Å². The van der Waals surface area contributed by atoms with E-state index in [1.165, 1.54) is 0 Å². The van der Waals surface area contributed by atoms with Crippen LogP contribution in [-0.4, -0.2) is 11.3 Å². The molecule has 0 radical (unpaired) electrons. The number of ether oxygens (including phenoxy) is 1. The smallest absolute Gasteiger partial charge is 0.153 e. The van der Waals surface area contributed by atoms with Crippen molar-refractivity contribution in [3.05, 3.63) is 59.4 Å². The maximum atomic E-state index is 10.9. The molecule has 0 saturated heterocycles. The number of hydrogen-bond acceptors (Lipinski definition) is 3. The molecule has 1 aromatic carbocycles. The van der Waals surface area contributed by atoms with E-state index in [-0.39, 0.29) is 0 Å². The Kier molecular flexibility index (Phi) is 3.50. The highest BCUT2D eigenvalue weighted by molar-refractivity contribution is 5.79. The zero-order valence-electron chi connectivity index (χ0n) is 9.59. The van der Waals surface area contributed by atoms with Gasteiger partial charge >= 0.3 is 0 Å². The van der Waals surface area contributed by atoms with Crippen LogP contribution < -0.4 is 4.74 Å². The second kappa shape index (κ2) is 5.25. The van der Waals surface area contributed by atoms with Gasteiger partial charge in [0, 0.05) is 6.20 Å². The predicted molar refractivity (Wildman–Crippen MR) is 65.1 cm³/mol. The van der Waals surface area contributed by atoms with E-state index < -0.39 is 0 Å². The molecule has 0 unspecified atom stereocenters. The minimum Gasteiger partial charge on any atom is -0.487 e. The van der Waals surface area contributed by atoms with E-state index in [9.17, 15) is 4.79 Å². The maximum Gasteiger partial charge on any atom is 0.153 e. The van der Waals surface area contributed by atoms with Crippen molar-refractivity contribution in [3.63, 3.8) is 0 Å². The lowest BCUT2D eigenvalue weighted by Gasteiger charge is -2.08. The van der Waals surface area contributed by atoms with Crippen LogP contribution in [0, 0.1) is 6.92 Å². The van der Waals surface area contributed by atoms with Crippen molar-refractivity contribution >= 4 is 6.29 Å². The molecular formula is C14H13NO2. The van der Waals surface area contributed by atoms with Gasteiger partial charge in [0.25, 0.3) is 0 Å². The van der Waals surface area contributed by atoms with Gasteiger partial charge in [0.05, 0.1) is 11.3 Å². The van der Waals surface area contributed by atoms with E-state index in [1.807, 2.05) is 37.3 Å². The van der Waals surface area contributed by atoms with E-state index in [0.717, 1.165) is 17.5 Å². The van der Waals surface area contributed by atoms with Gasteiger partial charge in [0.1, 0.15) is 12.4 Å². The third-order valence-corrected chi connectivity index (χ3v) is 2.39. The van der Waals surface area contributed by atoms with Crippen molar-refractivity contribution in [2.45, 2.75) is 13.5 Å². The summed E-state index contributed by atoms with van der Waals surface area (Å²) in [4.78, 5) is 15.0. The second-order valence-corrected chi connectivity index (χ2v) is 3.77. The summed E-state index contributed by atoms with van der Waals surface area (Å²) < 4.78 is 5.58. The molecule has 3 nitrogen and oxygen atoms in total. The SMILES string of the molecule is Cc1ccc(OCc2ccccn2)c(C=O)c1. The van der Waals surface area contributed by atoms with Crippen LogP contribution in [0.15, 0.2) is 42.6 Å². The average Bonchev–Trinajstić information content (AvgIpc) is 2.38. The van der Waals surface area contributed by atoms with Gasteiger partial charge in [-0.3, -0.25) is 9.78 Å². The Balaban J connectivity index is 2.11. The number of carbonyl (C=O) groups excluding carboxylic acids is 1. The van der Waals surface area contributed by atoms with Crippen LogP contribution in [0.5, 0.6) is 5.75 Å². The number of rotatable bonds is 4. The monoisotopic (exact) mass is 227 g/mol. The van der Waals surface area contributed by atoms with E-state index in [0.29, 0.717) is 17.9 Å². The Morgan fingerprint density at radius 2 is 2.18 bits per heavy atom. The Labute approximate surface area is 100 Å². The molecule has 3 heteroatoms. The number of pyridine rings is 1. The summed E-state index contributed by atoms with van der Waals surface area (Å²) in [6.07, 6.45) is 2.52. The number of benzene rings is 1. The minimum atomic E-state index is 0.366. The van der Waals surface area contributed by atoms with Crippen molar-refractivity contribution < 1.29 is 9.53 Å². The lowest BCUT2D eigenvalue weighted by atomic mass is 10.1. The summed E-state index contributed by atoms with van der Waals surface area (Å²) in [7, 11) is 0. The Hall–Kier alpha value is -2.16. The molecule has 0 N–H and O–H groups in total. The van der Waals surface area contributed by atoms with Crippen LogP contribution in [0.4, 0.5) is 0 Å². The zero-order valence-corrected chi connectivity index (χ0v) is 9.59. The van der Waals surface area contributed by atoms with Crippen molar-refractivity contribution in [2.24, 2.45) is 0 Å². The molecule has 2 aromatic rings. The first-order chi connectivity index (χ1) is 8.29. The summed E-state index contributed by atoms with van der Waals surface area (Å²) in [5.74, 6) is 0.594. The largest absolute Gasteiger partial charge is 0.487 e. The van der Waals surface area contributed by atoms with Gasteiger partial charge in [0.2, 0.25) is 0 Å². The predicted octanol–water partition coefficient (Wildman–Crippen LogP) is 2.78. The Bertz CT molecular complexity index is 509. The van der Waals surface area contributed by atoms with E-state index >= 15 is 0 Å². The first kappa shape index (κ1) is 11.3. The van der Waals surface area contributed by atoms with E-state index in [4.69, 9.17) is 4.74 Å². The first-order valence-corrected chi connectivity index (χ1v) is 5.38. The van der Waals surface area contributed by atoms with Crippen molar-refractivity contribution in [1.29, 1.82) is 0 Å². The van der Waals surface area contributed by atoms with Gasteiger partial charge in [-0.2, -0.15) is 0 Å². The molecular weight excluding hydrogens is 214 g/mol. The molecule has 0 bridgehead atoms. The van der Waals surface area contributed by atoms with Gasteiger partial charge in [-0.25, -0.2) is 0 Å². The summed E-state index contributed by atoms with van der Waals surface area (Å²) >= 11 is 0. The number of aryl methyl sites for hydroxylation is 1. The summed E-state index contributed by atoms with van der Waals surface area (Å²) in [6, 6.07) is 11.2. The Morgan fingerprint density at radius 3 is 2.88 bits per heavy atom. The van der Waals surface area contributed by atoms with Gasteiger partial charge in [0.15, 0.2) is 6.29 Å². The molecule has 0 amide bonds. The van der Waals surface area contributed by atoms with Crippen LogP contribution in [0.1, 0.15) is 21.6 Å². The number of aldehydes is 1. The number of nitrogens with zero attached hydrogens (tertiary/aromatic N) is 1. The number of aromatic nitrogens is 1. The zero-order chi connectivity index (χ0) is 12.1. The number of hydrogen-bond donors (Lipinski definition) is 0. The maximum absolute atomic E-state index is 10.9. The molecule has 2 rings (SSSR count). The fourth-order valence-electron chi connectivity index (χ4n) is 1.53. The minimum absolute atomic E-state index is 0.366. The molecule has 0 aliphatic heterocycles. The van der Waals surface area contributed by atoms with Crippen LogP contribution in [0.2, 0.25) is 0 Å². The molecule has 1 aromatic heterocycles. The molecule has 0 spiro atoms. The average molecular weight is 227 g/mol. The quantitative estimate of drug-likeness (QED) is 0.754. The van der Waals surface area contributed by atoms with Gasteiger partial charge in [-0.15, -0.1) is 0 Å². The van der Waals surface area contributed by atoms with Gasteiger partial charge in [-0.1, -0.05) is 17.7 Å². The standard InChI is InChI=1S/C14H13NO2/c1-11-5-6-14(12(8-11)9-16)17-10-13-4-2-3-7-15-13/h2-9H,10H2,1H3. The highest BCUT2D eigenvalue weighted by Gasteiger charge is 2.03. The molecule has 17 heavy (non-hydrogen) atoms. The van der Waals surface area contributed by atoms with Crippen molar-refractivity contribution in [2.75, 3.05) is 0 Å². The lowest BCUT2D eigenvalue weighted by molar-refractivity contribution is 0.111. The highest BCUT2D eigenvalue weighted by atomic mass is 16.5. The molecule has 0 aliphatic rings. The van der Waals surface area contributed by atoms with Crippen LogP contribution in [0.3, 0.4) is 0 Å². The summed E-state index contributed by atoms with van der Waals surface area (Å²) in [6.45, 7) is 2.31. The van der Waals surface area contributed by atoms with Crippen molar-refractivity contribution in [3.8, 4) is 5.75 Å². The molecule has 0 aliphatic carbocycles. The van der Waals surface area contributed by atoms with Crippen LogP contribution in [0.25, 0.3) is 0 Å². The van der Waals surface area contributed by atoms with Crippen molar-refractivity contribution in [1.82, 2.24) is 4.98 Å². The van der Waals surface area contributed by atoms with Gasteiger partial charge < -0.3 is 4.74 Å². The third kappa shape index (κ3) is 2.91. The molecule has 86 valence electrons. The second-order valence-electron chi connectivity index (χ2n) is 3.77. The fraction of sp³-hybridized carbons (Fsp3) is 0.143. The Morgan fingerprint density at radius 1 is 1.29 bits per heavy atom. The molecule has 0 saturated carbocycles. The van der Waals surface area contributed by atoms with E-state index in [1.54, 1.807) is 12.3 Å².